The Balaban J connectivity index is 2.27. The zero-order chi connectivity index (χ0) is 19.5. The van der Waals surface area contributed by atoms with Gasteiger partial charge in [-0.2, -0.15) is 13.1 Å². The summed E-state index contributed by atoms with van der Waals surface area (Å²) < 4.78 is 73.9. The van der Waals surface area contributed by atoms with Gasteiger partial charge in [-0.3, -0.25) is 0 Å². The highest BCUT2D eigenvalue weighted by Crippen LogP contribution is 2.30. The van der Waals surface area contributed by atoms with Crippen molar-refractivity contribution >= 4 is 21.6 Å². The fourth-order valence-corrected chi connectivity index (χ4v) is 3.56. The van der Waals surface area contributed by atoms with Crippen LogP contribution in [0.4, 0.5) is 13.2 Å². The van der Waals surface area contributed by atoms with Gasteiger partial charge in [-0.05, 0) is 35.9 Å². The van der Waals surface area contributed by atoms with Crippen molar-refractivity contribution in [2.75, 3.05) is 14.2 Å². The molecule has 0 aliphatic rings. The molecule has 0 atom stereocenters. The highest BCUT2D eigenvalue weighted by molar-refractivity contribution is 7.89. The SMILES string of the molecule is COc1cc(CN(C)S(=O)(=O)c2ccc(Cl)cc2F)ccc1OC(F)F. The van der Waals surface area contributed by atoms with Crippen molar-refractivity contribution < 1.29 is 31.1 Å². The fraction of sp³-hybridized carbons (Fsp3) is 0.250. The molecule has 0 bridgehead atoms. The predicted octanol–water partition coefficient (Wildman–Crippen LogP) is 3.91. The third-order valence-electron chi connectivity index (χ3n) is 3.43. The first-order chi connectivity index (χ1) is 12.1. The summed E-state index contributed by atoms with van der Waals surface area (Å²) in [6, 6.07) is 7.26. The highest BCUT2D eigenvalue weighted by atomic mass is 35.5. The lowest BCUT2D eigenvalue weighted by Gasteiger charge is -2.19. The number of hydrogen-bond donors (Lipinski definition) is 0. The topological polar surface area (TPSA) is 55.8 Å². The summed E-state index contributed by atoms with van der Waals surface area (Å²) >= 11 is 5.63. The number of halogens is 4. The van der Waals surface area contributed by atoms with Gasteiger partial charge in [0.05, 0.1) is 7.11 Å². The van der Waals surface area contributed by atoms with Crippen molar-refractivity contribution in [3.63, 3.8) is 0 Å². The van der Waals surface area contributed by atoms with Crippen molar-refractivity contribution in [2.24, 2.45) is 0 Å². The first kappa shape index (κ1) is 20.3. The maximum absolute atomic E-state index is 13.9. The number of ether oxygens (including phenoxy) is 2. The maximum atomic E-state index is 13.9. The van der Waals surface area contributed by atoms with Gasteiger partial charge in [-0.1, -0.05) is 17.7 Å². The number of hydrogen-bond acceptors (Lipinski definition) is 4. The van der Waals surface area contributed by atoms with E-state index < -0.39 is 27.3 Å². The Morgan fingerprint density at radius 1 is 1.15 bits per heavy atom. The van der Waals surface area contributed by atoms with Gasteiger partial charge in [-0.15, -0.1) is 0 Å². The van der Waals surface area contributed by atoms with Crippen LogP contribution in [0, 0.1) is 5.82 Å². The lowest BCUT2D eigenvalue weighted by atomic mass is 10.2. The van der Waals surface area contributed by atoms with E-state index in [1.54, 1.807) is 0 Å². The molecule has 0 amide bonds. The molecule has 0 aliphatic carbocycles. The molecular weight excluding hydrogens is 395 g/mol. The van der Waals surface area contributed by atoms with Crippen molar-refractivity contribution in [2.45, 2.75) is 18.1 Å². The third kappa shape index (κ3) is 4.60. The summed E-state index contributed by atoms with van der Waals surface area (Å²) in [6.45, 7) is -3.17. The molecule has 0 saturated heterocycles. The quantitative estimate of drug-likeness (QED) is 0.695. The summed E-state index contributed by atoms with van der Waals surface area (Å²) in [7, 11) is -1.60. The Labute approximate surface area is 153 Å². The van der Waals surface area contributed by atoms with Crippen LogP contribution in [0.5, 0.6) is 11.5 Å². The number of nitrogens with zero attached hydrogens (tertiary/aromatic N) is 1. The van der Waals surface area contributed by atoms with Gasteiger partial charge in [-0.25, -0.2) is 12.8 Å². The molecule has 0 saturated carbocycles. The van der Waals surface area contributed by atoms with Gasteiger partial charge in [0.15, 0.2) is 11.5 Å². The van der Waals surface area contributed by atoms with Gasteiger partial charge >= 0.3 is 6.61 Å². The van der Waals surface area contributed by atoms with Crippen LogP contribution >= 0.6 is 11.6 Å². The maximum Gasteiger partial charge on any atom is 0.387 e. The van der Waals surface area contributed by atoms with E-state index in [4.69, 9.17) is 16.3 Å². The molecule has 0 heterocycles. The third-order valence-corrected chi connectivity index (χ3v) is 5.50. The van der Waals surface area contributed by atoms with Crippen LogP contribution in [0.25, 0.3) is 0 Å². The van der Waals surface area contributed by atoms with Gasteiger partial charge in [0, 0.05) is 18.6 Å². The Kier molecular flexibility index (Phi) is 6.38. The van der Waals surface area contributed by atoms with Crippen molar-refractivity contribution in [3.8, 4) is 11.5 Å². The van der Waals surface area contributed by atoms with E-state index in [9.17, 15) is 21.6 Å². The van der Waals surface area contributed by atoms with E-state index in [1.165, 1.54) is 38.4 Å². The highest BCUT2D eigenvalue weighted by Gasteiger charge is 2.25. The van der Waals surface area contributed by atoms with Gasteiger partial charge in [0.1, 0.15) is 10.7 Å². The molecule has 2 rings (SSSR count). The van der Waals surface area contributed by atoms with Crippen LogP contribution < -0.4 is 9.47 Å². The second-order valence-corrected chi connectivity index (χ2v) is 7.65. The first-order valence-electron chi connectivity index (χ1n) is 7.18. The molecule has 2 aromatic rings. The molecule has 0 fully saturated rings. The second kappa shape index (κ2) is 8.15. The molecular formula is C16H15ClF3NO4S. The van der Waals surface area contributed by atoms with Gasteiger partial charge < -0.3 is 9.47 Å². The molecule has 142 valence electrons. The molecule has 26 heavy (non-hydrogen) atoms. The van der Waals surface area contributed by atoms with E-state index in [0.29, 0.717) is 5.56 Å². The summed E-state index contributed by atoms with van der Waals surface area (Å²) in [5.41, 5.74) is 0.434. The molecule has 5 nitrogen and oxygen atoms in total. The minimum atomic E-state index is -4.13. The lowest BCUT2D eigenvalue weighted by molar-refractivity contribution is -0.0512. The van der Waals surface area contributed by atoms with Crippen molar-refractivity contribution in [3.05, 3.63) is 52.8 Å². The zero-order valence-electron chi connectivity index (χ0n) is 13.7. The van der Waals surface area contributed by atoms with E-state index in [1.807, 2.05) is 0 Å². The summed E-state index contributed by atoms with van der Waals surface area (Å²) in [5, 5.41) is 0.0726. The molecule has 0 unspecified atom stereocenters. The van der Waals surface area contributed by atoms with Crippen molar-refractivity contribution in [1.29, 1.82) is 0 Å². The Morgan fingerprint density at radius 2 is 1.85 bits per heavy atom. The minimum Gasteiger partial charge on any atom is -0.493 e. The van der Waals surface area contributed by atoms with E-state index in [0.717, 1.165) is 16.4 Å². The number of benzene rings is 2. The van der Waals surface area contributed by atoms with Crippen LogP contribution in [0.15, 0.2) is 41.3 Å². The smallest absolute Gasteiger partial charge is 0.387 e. The zero-order valence-corrected chi connectivity index (χ0v) is 15.3. The fourth-order valence-electron chi connectivity index (χ4n) is 2.20. The first-order valence-corrected chi connectivity index (χ1v) is 9.00. The molecule has 0 aromatic heterocycles. The summed E-state index contributed by atoms with van der Waals surface area (Å²) in [6.07, 6.45) is 0. The number of rotatable bonds is 7. The monoisotopic (exact) mass is 409 g/mol. The second-order valence-electron chi connectivity index (χ2n) is 5.20. The standard InChI is InChI=1S/C16H15ClF3NO4S/c1-21(26(22,23)15-6-4-11(17)8-12(15)18)9-10-3-5-13(25-16(19)20)14(7-10)24-2/h3-8,16H,9H2,1-2H3. The average molecular weight is 410 g/mol. The average Bonchev–Trinajstić information content (AvgIpc) is 2.55. The van der Waals surface area contributed by atoms with Crippen LogP contribution in [-0.4, -0.2) is 33.5 Å². The molecule has 0 aliphatic heterocycles. The molecule has 2 aromatic carbocycles. The minimum absolute atomic E-state index is 0.0197. The van der Waals surface area contributed by atoms with E-state index in [-0.39, 0.29) is 23.1 Å². The van der Waals surface area contributed by atoms with Crippen LogP contribution in [0.1, 0.15) is 5.56 Å². The summed E-state index contributed by atoms with van der Waals surface area (Å²) in [4.78, 5) is -0.519. The predicted molar refractivity (Wildman–Crippen MR) is 89.7 cm³/mol. The Hall–Kier alpha value is -1.97. The normalized spacial score (nSPS) is 11.8. The van der Waals surface area contributed by atoms with E-state index in [2.05, 4.69) is 4.74 Å². The number of sulfonamides is 1. The van der Waals surface area contributed by atoms with Crippen LogP contribution in [-0.2, 0) is 16.6 Å². The lowest BCUT2D eigenvalue weighted by Crippen LogP contribution is -2.27. The largest absolute Gasteiger partial charge is 0.493 e. The Morgan fingerprint density at radius 3 is 2.42 bits per heavy atom. The van der Waals surface area contributed by atoms with Gasteiger partial charge in [0.25, 0.3) is 0 Å². The van der Waals surface area contributed by atoms with E-state index >= 15 is 0 Å². The van der Waals surface area contributed by atoms with Crippen LogP contribution in [0.3, 0.4) is 0 Å². The molecule has 0 radical (unpaired) electrons. The van der Waals surface area contributed by atoms with Crippen molar-refractivity contribution in [1.82, 2.24) is 4.31 Å². The van der Waals surface area contributed by atoms with Gasteiger partial charge in [0.2, 0.25) is 10.0 Å². The molecule has 0 spiro atoms. The summed E-state index contributed by atoms with van der Waals surface area (Å²) in [5.74, 6) is -1.13. The number of methoxy groups -OCH3 is 1. The Bertz CT molecular complexity index is 893. The van der Waals surface area contributed by atoms with Crippen LogP contribution in [0.2, 0.25) is 5.02 Å². The number of alkyl halides is 2. The molecule has 10 heteroatoms. The molecule has 0 N–H and O–H groups in total.